The Morgan fingerprint density at radius 2 is 1.92 bits per heavy atom. The number of benzene rings is 2. The number of rotatable bonds is 5. The van der Waals surface area contributed by atoms with E-state index in [0.717, 1.165) is 10.6 Å². The molecule has 3 amide bonds. The summed E-state index contributed by atoms with van der Waals surface area (Å²) >= 11 is 5.88. The number of pyridine rings is 1. The number of amides is 3. The van der Waals surface area contributed by atoms with Crippen LogP contribution in [0.1, 0.15) is 12.0 Å². The number of hydrogen-bond acceptors (Lipinski definition) is 5. The fourth-order valence-corrected chi connectivity index (χ4v) is 4.05. The fourth-order valence-electron chi connectivity index (χ4n) is 3.92. The summed E-state index contributed by atoms with van der Waals surface area (Å²) < 4.78 is 21.4. The molecule has 1 aliphatic heterocycles. The van der Waals surface area contributed by atoms with Crippen molar-refractivity contribution in [3.63, 3.8) is 0 Å². The Balaban J connectivity index is 1.51. The van der Waals surface area contributed by atoms with Crippen molar-refractivity contribution in [1.29, 1.82) is 5.26 Å². The van der Waals surface area contributed by atoms with Gasteiger partial charge in [0.15, 0.2) is 0 Å². The number of anilines is 2. The van der Waals surface area contributed by atoms with Gasteiger partial charge in [0.1, 0.15) is 23.5 Å². The minimum atomic E-state index is -0.906. The minimum absolute atomic E-state index is 0.0822. The lowest BCUT2D eigenvalue weighted by Gasteiger charge is -2.24. The van der Waals surface area contributed by atoms with Crippen LogP contribution < -0.4 is 16.2 Å². The molecule has 184 valence electrons. The molecule has 11 heteroatoms. The molecule has 0 spiro atoms. The molecule has 9 nitrogen and oxygen atoms in total. The normalized spacial score (nSPS) is 16.9. The number of carbonyl (C=O) groups excluding carboxylic acids is 2. The largest absolute Gasteiger partial charge is 0.380 e. The Bertz CT molecular complexity index is 1400. The predicted octanol–water partition coefficient (Wildman–Crippen LogP) is 3.76. The summed E-state index contributed by atoms with van der Waals surface area (Å²) in [6, 6.07) is 13.6. The molecule has 0 saturated carbocycles. The molecule has 2 atom stereocenters. The van der Waals surface area contributed by atoms with Crippen LogP contribution in [0.25, 0.3) is 5.69 Å². The minimum Gasteiger partial charge on any atom is -0.380 e. The average Bonchev–Trinajstić information content (AvgIpc) is 3.32. The predicted molar refractivity (Wildman–Crippen MR) is 132 cm³/mol. The first-order valence-corrected chi connectivity index (χ1v) is 11.3. The van der Waals surface area contributed by atoms with E-state index in [-0.39, 0.29) is 36.0 Å². The summed E-state index contributed by atoms with van der Waals surface area (Å²) in [6.07, 6.45) is 1.27. The van der Waals surface area contributed by atoms with Crippen LogP contribution >= 0.6 is 11.6 Å². The quantitative estimate of drug-likeness (QED) is 0.543. The molecule has 4 rings (SSSR count). The second kappa shape index (κ2) is 10.6. The zero-order valence-corrected chi connectivity index (χ0v) is 19.8. The third-order valence-corrected chi connectivity index (χ3v) is 6.06. The molecule has 1 fully saturated rings. The molecule has 3 aromatic rings. The van der Waals surface area contributed by atoms with Gasteiger partial charge in [0.05, 0.1) is 17.5 Å². The summed E-state index contributed by atoms with van der Waals surface area (Å²) in [7, 11) is 1.49. The van der Waals surface area contributed by atoms with Gasteiger partial charge < -0.3 is 20.3 Å². The van der Waals surface area contributed by atoms with Crippen LogP contribution in [0, 0.1) is 17.1 Å². The molecule has 0 radical (unpaired) electrons. The van der Waals surface area contributed by atoms with Gasteiger partial charge in [0.25, 0.3) is 5.56 Å². The Hall–Kier alpha value is -4.20. The van der Waals surface area contributed by atoms with Gasteiger partial charge in [-0.1, -0.05) is 11.6 Å². The van der Waals surface area contributed by atoms with Crippen LogP contribution in [-0.2, 0) is 9.53 Å². The molecule has 0 aliphatic carbocycles. The number of likely N-dealkylation sites (tertiary alicyclic amines) is 1. The van der Waals surface area contributed by atoms with Crippen LogP contribution in [0.15, 0.2) is 65.6 Å². The average molecular weight is 510 g/mol. The fraction of sp³-hybridized carbons (Fsp3) is 0.200. The highest BCUT2D eigenvalue weighted by Crippen LogP contribution is 2.25. The lowest BCUT2D eigenvalue weighted by atomic mass is 10.1. The van der Waals surface area contributed by atoms with Crippen LogP contribution in [-0.4, -0.2) is 47.2 Å². The van der Waals surface area contributed by atoms with Crippen LogP contribution in [0.3, 0.4) is 0 Å². The highest BCUT2D eigenvalue weighted by Gasteiger charge is 2.40. The van der Waals surface area contributed by atoms with Gasteiger partial charge in [0, 0.05) is 43.0 Å². The van der Waals surface area contributed by atoms with Gasteiger partial charge in [-0.2, -0.15) is 5.26 Å². The third kappa shape index (κ3) is 5.22. The van der Waals surface area contributed by atoms with E-state index in [0.29, 0.717) is 10.7 Å². The number of halogens is 2. The number of nitriles is 1. The topological polar surface area (TPSA) is 116 Å². The van der Waals surface area contributed by atoms with Crippen LogP contribution in [0.2, 0.25) is 5.02 Å². The van der Waals surface area contributed by atoms with E-state index < -0.39 is 29.4 Å². The molecule has 1 aromatic heterocycles. The number of ether oxygens (including phenoxy) is 1. The standard InChI is InChI=1S/C25H21ClFN5O4/c1-36-19-12-22(32(14-19)25(35)29-17-6-4-16(26)5-7-17)23(33)30-21-9-8-18(11-20(21)27)31-10-2-3-15(13-28)24(31)34/h2-11,19,22H,12,14H2,1H3,(H,29,35)(H,30,33)/t19-,22-/m1/s1. The molecule has 36 heavy (non-hydrogen) atoms. The lowest BCUT2D eigenvalue weighted by Crippen LogP contribution is -2.45. The number of nitrogens with one attached hydrogen (secondary N) is 2. The van der Waals surface area contributed by atoms with E-state index in [1.54, 1.807) is 30.3 Å². The summed E-state index contributed by atoms with van der Waals surface area (Å²) in [5.41, 5.74) is -0.0953. The molecule has 1 saturated heterocycles. The SMILES string of the molecule is CO[C@@H]1C[C@H](C(=O)Nc2ccc(-n3cccc(C#N)c3=O)cc2F)N(C(=O)Nc2ccc(Cl)cc2)C1. The summed E-state index contributed by atoms with van der Waals surface area (Å²) in [5.74, 6) is -1.37. The van der Waals surface area contributed by atoms with E-state index in [2.05, 4.69) is 10.6 Å². The first-order chi connectivity index (χ1) is 17.3. The third-order valence-electron chi connectivity index (χ3n) is 5.81. The molecule has 0 bridgehead atoms. The number of hydrogen-bond donors (Lipinski definition) is 2. The first kappa shape index (κ1) is 24.9. The van der Waals surface area contributed by atoms with E-state index >= 15 is 0 Å². The number of aromatic nitrogens is 1. The number of methoxy groups -OCH3 is 1. The van der Waals surface area contributed by atoms with Gasteiger partial charge in [-0.3, -0.25) is 14.2 Å². The maximum absolute atomic E-state index is 14.9. The van der Waals surface area contributed by atoms with E-state index in [4.69, 9.17) is 21.6 Å². The summed E-state index contributed by atoms with van der Waals surface area (Å²) in [4.78, 5) is 39.6. The monoisotopic (exact) mass is 509 g/mol. The number of carbonyl (C=O) groups is 2. The molecule has 2 aromatic carbocycles. The van der Waals surface area contributed by atoms with Crippen LogP contribution in [0.4, 0.5) is 20.6 Å². The molecular weight excluding hydrogens is 489 g/mol. The molecule has 1 aliphatic rings. The summed E-state index contributed by atoms with van der Waals surface area (Å²) in [5, 5.41) is 14.8. The molecule has 2 N–H and O–H groups in total. The van der Waals surface area contributed by atoms with Crippen molar-refractivity contribution in [3.8, 4) is 11.8 Å². The van der Waals surface area contributed by atoms with Crippen molar-refractivity contribution in [2.24, 2.45) is 0 Å². The van der Waals surface area contributed by atoms with Gasteiger partial charge in [-0.05, 0) is 48.5 Å². The Morgan fingerprint density at radius 1 is 1.17 bits per heavy atom. The van der Waals surface area contributed by atoms with Crippen molar-refractivity contribution < 1.29 is 18.7 Å². The highest BCUT2D eigenvalue weighted by molar-refractivity contribution is 6.30. The number of nitrogens with zero attached hydrogens (tertiary/aromatic N) is 3. The van der Waals surface area contributed by atoms with E-state index in [1.807, 2.05) is 0 Å². The molecular formula is C25H21ClFN5O4. The first-order valence-electron chi connectivity index (χ1n) is 10.9. The van der Waals surface area contributed by atoms with Crippen molar-refractivity contribution in [1.82, 2.24) is 9.47 Å². The van der Waals surface area contributed by atoms with Crippen molar-refractivity contribution in [2.75, 3.05) is 24.3 Å². The zero-order valence-electron chi connectivity index (χ0n) is 19.1. The molecule has 2 heterocycles. The lowest BCUT2D eigenvalue weighted by molar-refractivity contribution is -0.119. The number of urea groups is 1. The van der Waals surface area contributed by atoms with Crippen molar-refractivity contribution in [2.45, 2.75) is 18.6 Å². The van der Waals surface area contributed by atoms with E-state index in [1.165, 1.54) is 42.5 Å². The second-order valence-corrected chi connectivity index (χ2v) is 8.50. The Labute approximate surface area is 210 Å². The highest BCUT2D eigenvalue weighted by atomic mass is 35.5. The van der Waals surface area contributed by atoms with E-state index in [9.17, 15) is 18.8 Å². The van der Waals surface area contributed by atoms with Gasteiger partial charge >= 0.3 is 6.03 Å². The van der Waals surface area contributed by atoms with Gasteiger partial charge in [-0.25, -0.2) is 9.18 Å². The molecule has 0 unspecified atom stereocenters. The van der Waals surface area contributed by atoms with Gasteiger partial charge in [-0.15, -0.1) is 0 Å². The summed E-state index contributed by atoms with van der Waals surface area (Å²) in [6.45, 7) is 0.174. The maximum atomic E-state index is 14.9. The Morgan fingerprint density at radius 3 is 2.58 bits per heavy atom. The van der Waals surface area contributed by atoms with Gasteiger partial charge in [0.2, 0.25) is 5.91 Å². The second-order valence-electron chi connectivity index (χ2n) is 8.06. The van der Waals surface area contributed by atoms with Crippen molar-refractivity contribution >= 4 is 34.9 Å². The van der Waals surface area contributed by atoms with Crippen molar-refractivity contribution in [3.05, 3.63) is 87.6 Å². The maximum Gasteiger partial charge on any atom is 0.322 e. The Kier molecular flexibility index (Phi) is 7.33. The smallest absolute Gasteiger partial charge is 0.322 e. The van der Waals surface area contributed by atoms with Crippen LogP contribution in [0.5, 0.6) is 0 Å². The zero-order chi connectivity index (χ0) is 25.8.